The number of hydrogen-bond acceptors (Lipinski definition) is 7. The van der Waals surface area contributed by atoms with Crippen LogP contribution in [0.3, 0.4) is 0 Å². The van der Waals surface area contributed by atoms with Crippen LogP contribution >= 0.6 is 23.4 Å². The summed E-state index contributed by atoms with van der Waals surface area (Å²) in [6.45, 7) is 4.19. The Morgan fingerprint density at radius 3 is 2.58 bits per heavy atom. The summed E-state index contributed by atoms with van der Waals surface area (Å²) < 4.78 is 17.8. The number of amides is 1. The van der Waals surface area contributed by atoms with Gasteiger partial charge < -0.3 is 19.5 Å². The number of carbonyl (C=O) groups excluding carboxylic acids is 1. The Kier molecular flexibility index (Phi) is 7.49. The second-order valence-electron chi connectivity index (χ2n) is 8.82. The molecule has 1 aliphatic rings. The van der Waals surface area contributed by atoms with Gasteiger partial charge in [0.05, 0.1) is 29.8 Å². The SMILES string of the molecule is CC[C@@H](Sc1nc2cc3c(cc2c(=O)n1Cc1ccc(OC)cc1)OCO3)C(=O)Nc1ccc(C)c(Cl)c1. The third kappa shape index (κ3) is 5.30. The fraction of sp³-hybridized carbons (Fsp3) is 0.250. The van der Waals surface area contributed by atoms with Crippen LogP contribution in [0.1, 0.15) is 24.5 Å². The van der Waals surface area contributed by atoms with Crippen LogP contribution in [-0.4, -0.2) is 34.6 Å². The topological polar surface area (TPSA) is 91.7 Å². The van der Waals surface area contributed by atoms with E-state index in [-0.39, 0.29) is 24.8 Å². The molecule has 0 saturated carbocycles. The fourth-order valence-corrected chi connectivity index (χ4v) is 5.27. The number of fused-ring (bicyclic) bond motifs is 2. The summed E-state index contributed by atoms with van der Waals surface area (Å²) in [7, 11) is 1.60. The van der Waals surface area contributed by atoms with Gasteiger partial charge in [-0.25, -0.2) is 4.98 Å². The van der Waals surface area contributed by atoms with Crippen molar-refractivity contribution >= 4 is 45.9 Å². The van der Waals surface area contributed by atoms with Gasteiger partial charge in [-0.2, -0.15) is 0 Å². The molecule has 5 rings (SSSR count). The molecule has 2 heterocycles. The number of halogens is 1. The number of thioether (sulfide) groups is 1. The molecule has 0 spiro atoms. The van der Waals surface area contributed by atoms with Crippen LogP contribution in [0.2, 0.25) is 5.02 Å². The molecule has 38 heavy (non-hydrogen) atoms. The molecule has 1 aromatic heterocycles. The smallest absolute Gasteiger partial charge is 0.262 e. The number of methoxy groups -OCH3 is 1. The summed E-state index contributed by atoms with van der Waals surface area (Å²) in [6.07, 6.45) is 0.522. The first-order chi connectivity index (χ1) is 18.4. The molecule has 0 radical (unpaired) electrons. The first kappa shape index (κ1) is 25.9. The molecule has 4 aromatic rings. The zero-order chi connectivity index (χ0) is 26.8. The van der Waals surface area contributed by atoms with Gasteiger partial charge in [-0.1, -0.05) is 48.5 Å². The van der Waals surface area contributed by atoms with Gasteiger partial charge in [0.2, 0.25) is 12.7 Å². The Hall–Kier alpha value is -3.69. The van der Waals surface area contributed by atoms with Crippen molar-refractivity contribution in [3.05, 3.63) is 81.1 Å². The molecule has 10 heteroatoms. The monoisotopic (exact) mass is 551 g/mol. The van der Waals surface area contributed by atoms with Gasteiger partial charge >= 0.3 is 0 Å². The minimum atomic E-state index is -0.504. The van der Waals surface area contributed by atoms with Gasteiger partial charge in [0.25, 0.3) is 5.56 Å². The van der Waals surface area contributed by atoms with Gasteiger partial charge in [0.1, 0.15) is 5.75 Å². The van der Waals surface area contributed by atoms with E-state index in [0.717, 1.165) is 16.9 Å². The summed E-state index contributed by atoms with van der Waals surface area (Å²) in [4.78, 5) is 31.8. The van der Waals surface area contributed by atoms with E-state index in [9.17, 15) is 9.59 Å². The highest BCUT2D eigenvalue weighted by atomic mass is 35.5. The number of ether oxygens (including phenoxy) is 3. The van der Waals surface area contributed by atoms with Crippen LogP contribution in [0.4, 0.5) is 5.69 Å². The Morgan fingerprint density at radius 2 is 1.89 bits per heavy atom. The van der Waals surface area contributed by atoms with E-state index in [4.69, 9.17) is 30.8 Å². The molecule has 1 aliphatic heterocycles. The van der Waals surface area contributed by atoms with Crippen LogP contribution < -0.4 is 25.1 Å². The molecular weight excluding hydrogens is 526 g/mol. The first-order valence-corrected chi connectivity index (χ1v) is 13.3. The Labute approximate surface area is 228 Å². The molecule has 0 saturated heterocycles. The highest BCUT2D eigenvalue weighted by Gasteiger charge is 2.24. The predicted molar refractivity (Wildman–Crippen MR) is 149 cm³/mol. The average molecular weight is 552 g/mol. The highest BCUT2D eigenvalue weighted by molar-refractivity contribution is 8.00. The molecule has 0 aliphatic carbocycles. The maximum atomic E-state index is 13.8. The van der Waals surface area contributed by atoms with Gasteiger partial charge in [0.15, 0.2) is 16.7 Å². The molecule has 1 atom stereocenters. The van der Waals surface area contributed by atoms with E-state index < -0.39 is 5.25 Å². The van der Waals surface area contributed by atoms with Crippen molar-refractivity contribution in [2.24, 2.45) is 0 Å². The van der Waals surface area contributed by atoms with Crippen molar-refractivity contribution in [2.75, 3.05) is 19.2 Å². The number of benzene rings is 3. The van der Waals surface area contributed by atoms with E-state index in [2.05, 4.69) is 5.32 Å². The lowest BCUT2D eigenvalue weighted by Crippen LogP contribution is -2.28. The quantitative estimate of drug-likeness (QED) is 0.223. The van der Waals surface area contributed by atoms with Crippen LogP contribution in [0.15, 0.2) is 64.5 Å². The third-order valence-corrected chi connectivity index (χ3v) is 8.03. The standard InChI is InChI=1S/C28H26ClN3O5S/c1-4-25(26(33)30-18-8-5-16(2)21(29)11-18)38-28-31-22-13-24-23(36-15-37-24)12-20(22)27(34)32(28)14-17-6-9-19(35-3)10-7-17/h5-13,25H,4,14-15H2,1-3H3,(H,30,33)/t25-/m1/s1. The van der Waals surface area contributed by atoms with E-state index in [1.54, 1.807) is 29.9 Å². The van der Waals surface area contributed by atoms with E-state index in [1.807, 2.05) is 50.2 Å². The average Bonchev–Trinajstić information content (AvgIpc) is 3.38. The van der Waals surface area contributed by atoms with Crippen molar-refractivity contribution in [1.82, 2.24) is 9.55 Å². The molecular formula is C28H26ClN3O5S. The van der Waals surface area contributed by atoms with Crippen molar-refractivity contribution in [3.8, 4) is 17.2 Å². The molecule has 1 amide bonds. The number of hydrogen-bond donors (Lipinski definition) is 1. The van der Waals surface area contributed by atoms with E-state index >= 15 is 0 Å². The summed E-state index contributed by atoms with van der Waals surface area (Å²) in [5, 5.41) is 3.86. The molecule has 8 nitrogen and oxygen atoms in total. The Bertz CT molecular complexity index is 1570. The van der Waals surface area contributed by atoms with E-state index in [0.29, 0.717) is 44.7 Å². The molecule has 1 N–H and O–H groups in total. The minimum Gasteiger partial charge on any atom is -0.497 e. The molecule has 0 unspecified atom stereocenters. The Balaban J connectivity index is 1.52. The molecule has 0 bridgehead atoms. The number of nitrogens with zero attached hydrogens (tertiary/aromatic N) is 2. The number of aryl methyl sites for hydroxylation is 1. The predicted octanol–water partition coefficient (Wildman–Crippen LogP) is 5.65. The highest BCUT2D eigenvalue weighted by Crippen LogP contribution is 2.36. The lowest BCUT2D eigenvalue weighted by Gasteiger charge is -2.18. The minimum absolute atomic E-state index is 0.0917. The van der Waals surface area contributed by atoms with Gasteiger partial charge in [-0.3, -0.25) is 14.2 Å². The lowest BCUT2D eigenvalue weighted by atomic mass is 10.2. The number of nitrogens with one attached hydrogen (secondary N) is 1. The number of anilines is 1. The summed E-state index contributed by atoms with van der Waals surface area (Å²) >= 11 is 7.49. The van der Waals surface area contributed by atoms with Crippen LogP contribution in [0, 0.1) is 6.92 Å². The van der Waals surface area contributed by atoms with Gasteiger partial charge in [0, 0.05) is 16.8 Å². The lowest BCUT2D eigenvalue weighted by molar-refractivity contribution is -0.115. The third-order valence-electron chi connectivity index (χ3n) is 6.26. The molecule has 0 fully saturated rings. The Morgan fingerprint density at radius 1 is 1.16 bits per heavy atom. The second kappa shape index (κ2) is 11.0. The normalized spacial score (nSPS) is 12.9. The number of rotatable bonds is 8. The zero-order valence-electron chi connectivity index (χ0n) is 21.1. The second-order valence-corrected chi connectivity index (χ2v) is 10.4. The molecule has 196 valence electrons. The van der Waals surface area contributed by atoms with Crippen LogP contribution in [0.25, 0.3) is 10.9 Å². The first-order valence-electron chi connectivity index (χ1n) is 12.1. The van der Waals surface area contributed by atoms with Crippen molar-refractivity contribution in [3.63, 3.8) is 0 Å². The van der Waals surface area contributed by atoms with Crippen molar-refractivity contribution < 1.29 is 19.0 Å². The number of carbonyl (C=O) groups is 1. The summed E-state index contributed by atoms with van der Waals surface area (Å²) in [5.41, 5.74) is 2.68. The summed E-state index contributed by atoms with van der Waals surface area (Å²) in [5.74, 6) is 1.57. The van der Waals surface area contributed by atoms with Crippen LogP contribution in [0.5, 0.6) is 17.2 Å². The van der Waals surface area contributed by atoms with Crippen molar-refractivity contribution in [1.29, 1.82) is 0 Å². The maximum absolute atomic E-state index is 13.8. The molecule has 3 aromatic carbocycles. The largest absolute Gasteiger partial charge is 0.497 e. The van der Waals surface area contributed by atoms with Gasteiger partial charge in [-0.15, -0.1) is 0 Å². The maximum Gasteiger partial charge on any atom is 0.262 e. The summed E-state index contributed by atoms with van der Waals surface area (Å²) in [6, 6.07) is 16.2. The van der Waals surface area contributed by atoms with Crippen molar-refractivity contribution in [2.45, 2.75) is 37.2 Å². The van der Waals surface area contributed by atoms with Crippen LogP contribution in [-0.2, 0) is 11.3 Å². The zero-order valence-corrected chi connectivity index (χ0v) is 22.7. The van der Waals surface area contributed by atoms with Gasteiger partial charge in [-0.05, 0) is 54.8 Å². The fourth-order valence-electron chi connectivity index (χ4n) is 4.08. The van der Waals surface area contributed by atoms with E-state index in [1.165, 1.54) is 11.8 Å². The number of aromatic nitrogens is 2.